The summed E-state index contributed by atoms with van der Waals surface area (Å²) in [6.45, 7) is 1.76. The Balaban J connectivity index is 2.37. The lowest BCUT2D eigenvalue weighted by atomic mass is 9.86. The van der Waals surface area contributed by atoms with E-state index in [-0.39, 0.29) is 10.8 Å². The molecule has 0 spiro atoms. The van der Waals surface area contributed by atoms with Crippen LogP contribution in [0.2, 0.25) is 10.0 Å². The Morgan fingerprint density at radius 1 is 1.20 bits per heavy atom. The number of hydrogen-bond donors (Lipinski definition) is 2. The summed E-state index contributed by atoms with van der Waals surface area (Å²) in [6.07, 6.45) is 0.405. The Morgan fingerprint density at radius 2 is 1.90 bits per heavy atom. The zero-order chi connectivity index (χ0) is 14.9. The summed E-state index contributed by atoms with van der Waals surface area (Å²) in [4.78, 5) is 0. The first-order valence-electron chi connectivity index (χ1n) is 6.01. The molecule has 1 atom stereocenters. The van der Waals surface area contributed by atoms with Crippen LogP contribution in [-0.2, 0) is 12.0 Å². The standard InChI is InChI=1S/C15H14Cl2FNO/c1-15(19,8-9-3-2-4-10(20)5-9)11-6-14(18)13(17)7-12(11)16/h2-7,20H,8,19H2,1H3. The minimum atomic E-state index is -0.879. The zero-order valence-corrected chi connectivity index (χ0v) is 12.3. The van der Waals surface area contributed by atoms with Crippen LogP contribution in [0.4, 0.5) is 4.39 Å². The third-order valence-corrected chi connectivity index (χ3v) is 3.71. The monoisotopic (exact) mass is 313 g/mol. The molecule has 2 aromatic carbocycles. The summed E-state index contributed by atoms with van der Waals surface area (Å²) in [5.41, 5.74) is 6.70. The van der Waals surface area contributed by atoms with Gasteiger partial charge in [0.1, 0.15) is 11.6 Å². The van der Waals surface area contributed by atoms with Gasteiger partial charge in [-0.25, -0.2) is 4.39 Å². The highest BCUT2D eigenvalue weighted by Crippen LogP contribution is 2.33. The third-order valence-electron chi connectivity index (χ3n) is 3.11. The van der Waals surface area contributed by atoms with Crippen LogP contribution in [0.15, 0.2) is 36.4 Å². The Hall–Kier alpha value is -1.29. The Bertz CT molecular complexity index is 644. The van der Waals surface area contributed by atoms with Crippen molar-refractivity contribution in [2.45, 2.75) is 18.9 Å². The van der Waals surface area contributed by atoms with Gasteiger partial charge in [0.2, 0.25) is 0 Å². The van der Waals surface area contributed by atoms with E-state index in [2.05, 4.69) is 0 Å². The molecule has 0 amide bonds. The van der Waals surface area contributed by atoms with E-state index in [9.17, 15) is 9.50 Å². The van der Waals surface area contributed by atoms with Crippen molar-refractivity contribution in [2.75, 3.05) is 0 Å². The summed E-state index contributed by atoms with van der Waals surface area (Å²) in [5.74, 6) is -0.398. The van der Waals surface area contributed by atoms with E-state index in [4.69, 9.17) is 28.9 Å². The quantitative estimate of drug-likeness (QED) is 0.832. The predicted octanol–water partition coefficient (Wildman–Crippen LogP) is 4.25. The number of phenols is 1. The molecule has 0 saturated carbocycles. The largest absolute Gasteiger partial charge is 0.508 e. The van der Waals surface area contributed by atoms with Crippen molar-refractivity contribution in [3.8, 4) is 5.75 Å². The summed E-state index contributed by atoms with van der Waals surface area (Å²) in [7, 11) is 0. The normalized spacial score (nSPS) is 14.1. The van der Waals surface area contributed by atoms with Crippen LogP contribution in [0.25, 0.3) is 0 Å². The lowest BCUT2D eigenvalue weighted by Crippen LogP contribution is -2.36. The molecule has 2 rings (SSSR count). The third kappa shape index (κ3) is 3.23. The van der Waals surface area contributed by atoms with Crippen LogP contribution < -0.4 is 5.73 Å². The van der Waals surface area contributed by atoms with Crippen molar-refractivity contribution in [1.82, 2.24) is 0 Å². The maximum Gasteiger partial charge on any atom is 0.142 e. The van der Waals surface area contributed by atoms with Crippen molar-refractivity contribution < 1.29 is 9.50 Å². The summed E-state index contributed by atoms with van der Waals surface area (Å²) in [5, 5.41) is 9.76. The second kappa shape index (κ2) is 5.60. The van der Waals surface area contributed by atoms with E-state index in [1.807, 2.05) is 6.07 Å². The predicted molar refractivity (Wildman–Crippen MR) is 79.8 cm³/mol. The minimum Gasteiger partial charge on any atom is -0.508 e. The van der Waals surface area contributed by atoms with E-state index in [0.717, 1.165) is 5.56 Å². The van der Waals surface area contributed by atoms with Gasteiger partial charge in [-0.3, -0.25) is 0 Å². The Labute approximate surface area is 126 Å². The average Bonchev–Trinajstić information content (AvgIpc) is 2.33. The lowest BCUT2D eigenvalue weighted by molar-refractivity contribution is 0.467. The topological polar surface area (TPSA) is 46.2 Å². The van der Waals surface area contributed by atoms with Gasteiger partial charge in [0, 0.05) is 10.6 Å². The molecule has 0 aliphatic heterocycles. The van der Waals surface area contributed by atoms with Crippen molar-refractivity contribution in [1.29, 1.82) is 0 Å². The smallest absolute Gasteiger partial charge is 0.142 e. The Kier molecular flexibility index (Phi) is 4.23. The van der Waals surface area contributed by atoms with Gasteiger partial charge in [-0.1, -0.05) is 35.3 Å². The molecular weight excluding hydrogens is 300 g/mol. The number of phenolic OH excluding ortho intramolecular Hbond substituents is 1. The fourth-order valence-electron chi connectivity index (χ4n) is 2.15. The molecule has 106 valence electrons. The molecule has 3 N–H and O–H groups in total. The van der Waals surface area contributed by atoms with Crippen LogP contribution in [0, 0.1) is 5.82 Å². The molecule has 2 aromatic rings. The molecule has 0 saturated heterocycles. The van der Waals surface area contributed by atoms with Gasteiger partial charge in [0.25, 0.3) is 0 Å². The highest BCUT2D eigenvalue weighted by atomic mass is 35.5. The van der Waals surface area contributed by atoms with Gasteiger partial charge in [-0.2, -0.15) is 0 Å². The van der Waals surface area contributed by atoms with Crippen LogP contribution in [-0.4, -0.2) is 5.11 Å². The molecule has 0 aromatic heterocycles. The van der Waals surface area contributed by atoms with Crippen molar-refractivity contribution >= 4 is 23.2 Å². The molecule has 0 fully saturated rings. The number of benzene rings is 2. The van der Waals surface area contributed by atoms with Crippen molar-refractivity contribution in [2.24, 2.45) is 5.73 Å². The van der Waals surface area contributed by atoms with E-state index < -0.39 is 11.4 Å². The van der Waals surface area contributed by atoms with Crippen LogP contribution in [0.3, 0.4) is 0 Å². The SMILES string of the molecule is CC(N)(Cc1cccc(O)c1)c1cc(F)c(Cl)cc1Cl. The molecule has 5 heteroatoms. The van der Waals surface area contributed by atoms with Gasteiger partial charge in [-0.05, 0) is 48.7 Å². The van der Waals surface area contributed by atoms with Crippen molar-refractivity contribution in [3.63, 3.8) is 0 Å². The number of halogens is 3. The summed E-state index contributed by atoms with van der Waals surface area (Å²) >= 11 is 11.8. The van der Waals surface area contributed by atoms with Crippen LogP contribution in [0.5, 0.6) is 5.75 Å². The zero-order valence-electron chi connectivity index (χ0n) is 10.8. The van der Waals surface area contributed by atoms with Gasteiger partial charge < -0.3 is 10.8 Å². The van der Waals surface area contributed by atoms with E-state index >= 15 is 0 Å². The molecule has 0 bridgehead atoms. The maximum atomic E-state index is 13.6. The highest BCUT2D eigenvalue weighted by Gasteiger charge is 2.26. The summed E-state index contributed by atoms with van der Waals surface area (Å²) < 4.78 is 13.6. The molecule has 0 aliphatic carbocycles. The summed E-state index contributed by atoms with van der Waals surface area (Å²) in [6, 6.07) is 9.36. The van der Waals surface area contributed by atoms with E-state index in [0.29, 0.717) is 17.0 Å². The first-order chi connectivity index (χ1) is 9.29. The first kappa shape index (κ1) is 15.1. The van der Waals surface area contributed by atoms with Gasteiger partial charge in [0.15, 0.2) is 0 Å². The molecule has 0 radical (unpaired) electrons. The second-order valence-corrected chi connectivity index (χ2v) is 5.82. The average molecular weight is 314 g/mol. The lowest BCUT2D eigenvalue weighted by Gasteiger charge is -2.27. The van der Waals surface area contributed by atoms with E-state index in [1.54, 1.807) is 25.1 Å². The molecule has 2 nitrogen and oxygen atoms in total. The van der Waals surface area contributed by atoms with Crippen LogP contribution >= 0.6 is 23.2 Å². The molecule has 1 unspecified atom stereocenters. The molecular formula is C15H14Cl2FNO. The number of hydrogen-bond acceptors (Lipinski definition) is 2. The first-order valence-corrected chi connectivity index (χ1v) is 6.77. The fraction of sp³-hybridized carbons (Fsp3) is 0.200. The van der Waals surface area contributed by atoms with Gasteiger partial charge >= 0.3 is 0 Å². The highest BCUT2D eigenvalue weighted by molar-refractivity contribution is 6.35. The van der Waals surface area contributed by atoms with Crippen molar-refractivity contribution in [3.05, 3.63) is 63.4 Å². The number of nitrogens with two attached hydrogens (primary N) is 1. The molecule has 20 heavy (non-hydrogen) atoms. The number of aromatic hydroxyl groups is 1. The molecule has 0 aliphatic rings. The van der Waals surface area contributed by atoms with Gasteiger partial charge in [-0.15, -0.1) is 0 Å². The second-order valence-electron chi connectivity index (χ2n) is 5.01. The maximum absolute atomic E-state index is 13.6. The Morgan fingerprint density at radius 3 is 2.55 bits per heavy atom. The van der Waals surface area contributed by atoms with Gasteiger partial charge in [0.05, 0.1) is 5.02 Å². The molecule has 0 heterocycles. The van der Waals surface area contributed by atoms with Crippen LogP contribution in [0.1, 0.15) is 18.1 Å². The van der Waals surface area contributed by atoms with E-state index in [1.165, 1.54) is 12.1 Å². The number of rotatable bonds is 3. The minimum absolute atomic E-state index is 0.0353. The fourth-order valence-corrected chi connectivity index (χ4v) is 2.74.